The number of aliphatic hydroxyl groups excluding tert-OH is 6. The van der Waals surface area contributed by atoms with Gasteiger partial charge < -0.3 is 55.1 Å². The molecule has 0 bridgehead atoms. The zero-order chi connectivity index (χ0) is 29.7. The van der Waals surface area contributed by atoms with E-state index in [2.05, 4.69) is 0 Å². The summed E-state index contributed by atoms with van der Waals surface area (Å²) in [5.74, 6) is -1.93. The highest BCUT2D eigenvalue weighted by Crippen LogP contribution is 2.70. The molecule has 12 heteroatoms. The number of hydrogen-bond donors (Lipinski definition) is 8. The van der Waals surface area contributed by atoms with Gasteiger partial charge in [-0.1, -0.05) is 6.92 Å². The molecule has 1 saturated heterocycles. The summed E-state index contributed by atoms with van der Waals surface area (Å²) in [5.41, 5.74) is -4.46. The van der Waals surface area contributed by atoms with E-state index < -0.39 is 95.5 Å². The van der Waals surface area contributed by atoms with Crippen molar-refractivity contribution in [3.8, 4) is 0 Å². The molecular weight excluding hydrogens is 540 g/mol. The summed E-state index contributed by atoms with van der Waals surface area (Å²) >= 11 is 0. The summed E-state index contributed by atoms with van der Waals surface area (Å²) in [5, 5.41) is 89.6. The van der Waals surface area contributed by atoms with Crippen LogP contribution >= 0.6 is 0 Å². The van der Waals surface area contributed by atoms with Crippen LogP contribution in [-0.2, 0) is 19.0 Å². The van der Waals surface area contributed by atoms with Crippen LogP contribution in [0.1, 0.15) is 58.8 Å². The Morgan fingerprint density at radius 3 is 2.41 bits per heavy atom. The number of aliphatic hydroxyl groups is 8. The number of carbonyl (C=O) groups excluding carboxylic acids is 1. The summed E-state index contributed by atoms with van der Waals surface area (Å²) in [4.78, 5) is 11.8. The Labute approximate surface area is 238 Å². The zero-order valence-electron chi connectivity index (χ0n) is 23.5. The third kappa shape index (κ3) is 3.99. The highest BCUT2D eigenvalue weighted by Gasteiger charge is 2.75. The predicted molar refractivity (Wildman–Crippen MR) is 139 cm³/mol. The number of esters is 1. The average Bonchev–Trinajstić information content (AvgIpc) is 3.45. The van der Waals surface area contributed by atoms with Gasteiger partial charge in [0.05, 0.1) is 47.6 Å². The van der Waals surface area contributed by atoms with E-state index in [0.717, 1.165) is 5.57 Å². The fraction of sp³-hybridized carbons (Fsp3) is 0.897. The second-order valence-corrected chi connectivity index (χ2v) is 13.8. The summed E-state index contributed by atoms with van der Waals surface area (Å²) in [6.07, 6.45) is -6.68. The second-order valence-electron chi connectivity index (χ2n) is 13.8. The van der Waals surface area contributed by atoms with Crippen molar-refractivity contribution in [2.24, 2.45) is 28.6 Å². The normalized spacial score (nSPS) is 56.9. The Morgan fingerprint density at radius 1 is 1.02 bits per heavy atom. The number of carbonyl (C=O) groups is 1. The van der Waals surface area contributed by atoms with E-state index >= 15 is 0 Å². The summed E-state index contributed by atoms with van der Waals surface area (Å²) in [7, 11) is 0. The molecule has 0 spiro atoms. The van der Waals surface area contributed by atoms with E-state index in [9.17, 15) is 45.6 Å². The minimum atomic E-state index is -1.67. The first-order chi connectivity index (χ1) is 19.2. The molecule has 0 radical (unpaired) electrons. The monoisotopic (exact) mass is 584 g/mol. The zero-order valence-corrected chi connectivity index (χ0v) is 23.5. The molecule has 0 aromatic carbocycles. The van der Waals surface area contributed by atoms with E-state index in [1.807, 2.05) is 6.92 Å². The van der Waals surface area contributed by atoms with Gasteiger partial charge in [0.2, 0.25) is 0 Å². The van der Waals surface area contributed by atoms with Crippen LogP contribution in [0.2, 0.25) is 0 Å². The van der Waals surface area contributed by atoms with E-state index in [1.54, 1.807) is 0 Å². The molecule has 0 aromatic heterocycles. The van der Waals surface area contributed by atoms with Crippen molar-refractivity contribution in [3.63, 3.8) is 0 Å². The second kappa shape index (κ2) is 9.91. The average molecular weight is 585 g/mol. The Balaban J connectivity index is 1.28. The molecule has 4 aliphatic carbocycles. The lowest BCUT2D eigenvalue weighted by Gasteiger charge is -2.68. The molecule has 4 saturated carbocycles. The van der Waals surface area contributed by atoms with Gasteiger partial charge in [-0.05, 0) is 56.4 Å². The van der Waals surface area contributed by atoms with Crippen LogP contribution in [0, 0.1) is 28.6 Å². The third-order valence-corrected chi connectivity index (χ3v) is 12.2. The van der Waals surface area contributed by atoms with Crippen molar-refractivity contribution < 1.29 is 59.9 Å². The van der Waals surface area contributed by atoms with Crippen molar-refractivity contribution in [2.45, 2.75) is 119 Å². The molecule has 5 fully saturated rings. The van der Waals surface area contributed by atoms with E-state index in [4.69, 9.17) is 14.2 Å². The molecule has 6 aliphatic rings. The molecule has 41 heavy (non-hydrogen) atoms. The van der Waals surface area contributed by atoms with Crippen molar-refractivity contribution in [2.75, 3.05) is 13.2 Å². The maximum absolute atomic E-state index is 12.4. The fourth-order valence-electron chi connectivity index (χ4n) is 10.1. The van der Waals surface area contributed by atoms with Gasteiger partial charge >= 0.3 is 5.97 Å². The molecule has 2 aliphatic heterocycles. The van der Waals surface area contributed by atoms with Gasteiger partial charge in [0.15, 0.2) is 6.29 Å². The van der Waals surface area contributed by atoms with Crippen molar-refractivity contribution >= 4 is 5.97 Å². The summed E-state index contributed by atoms with van der Waals surface area (Å²) in [6.45, 7) is 3.00. The molecule has 12 nitrogen and oxygen atoms in total. The van der Waals surface area contributed by atoms with Gasteiger partial charge in [-0.15, -0.1) is 0 Å². The van der Waals surface area contributed by atoms with Crippen LogP contribution < -0.4 is 0 Å². The van der Waals surface area contributed by atoms with Gasteiger partial charge in [0, 0.05) is 30.3 Å². The van der Waals surface area contributed by atoms with Gasteiger partial charge in [-0.25, -0.2) is 4.79 Å². The van der Waals surface area contributed by atoms with Gasteiger partial charge in [-0.3, -0.25) is 0 Å². The Kier molecular flexibility index (Phi) is 7.22. The first-order valence-corrected chi connectivity index (χ1v) is 14.9. The summed E-state index contributed by atoms with van der Waals surface area (Å²) < 4.78 is 16.7. The van der Waals surface area contributed by atoms with Crippen LogP contribution in [-0.4, -0.2) is 120 Å². The van der Waals surface area contributed by atoms with Gasteiger partial charge in [0.25, 0.3) is 0 Å². The first kappa shape index (κ1) is 29.9. The lowest BCUT2D eigenvalue weighted by molar-refractivity contribution is -0.342. The first-order valence-electron chi connectivity index (χ1n) is 14.9. The van der Waals surface area contributed by atoms with E-state index in [-0.39, 0.29) is 38.2 Å². The van der Waals surface area contributed by atoms with Crippen molar-refractivity contribution in [3.05, 3.63) is 11.6 Å². The van der Waals surface area contributed by atoms with Crippen molar-refractivity contribution in [1.29, 1.82) is 0 Å². The fourth-order valence-corrected chi connectivity index (χ4v) is 10.1. The molecule has 6 rings (SSSR count). The van der Waals surface area contributed by atoms with Crippen LogP contribution in [0.5, 0.6) is 0 Å². The number of rotatable bonds is 4. The third-order valence-electron chi connectivity index (χ3n) is 12.2. The quantitative estimate of drug-likeness (QED) is 0.140. The lowest BCUT2D eigenvalue weighted by atomic mass is 9.40. The van der Waals surface area contributed by atoms with Crippen LogP contribution in [0.15, 0.2) is 11.6 Å². The predicted octanol–water partition coefficient (Wildman–Crippen LogP) is -1.51. The topological polar surface area (TPSA) is 207 Å². The standard InChI is InChI=1S/C29H44O12/c1-13-22(34)23(35)24(36)25(40-13)41-15-8-19(32)28(12-30)21-17(3-5-27(28,37)9-15)29(38)6-4-16(14-7-20(33)39-11-14)26(29,2)10-18(21)31/h7,13,15-19,21-25,30-32,34-38H,3-6,8-12H2,1-2H3/t13-,15+,16-,17-,18-,19-,21-,22+,23+,24+,25+,26-,27+,28-,29+/m1/s1. The van der Waals surface area contributed by atoms with E-state index in [0.29, 0.717) is 19.3 Å². The van der Waals surface area contributed by atoms with E-state index in [1.165, 1.54) is 13.0 Å². The Hall–Kier alpha value is -1.19. The maximum Gasteiger partial charge on any atom is 0.331 e. The Morgan fingerprint density at radius 2 is 1.76 bits per heavy atom. The number of cyclic esters (lactones) is 1. The highest BCUT2D eigenvalue weighted by atomic mass is 16.7. The minimum Gasteiger partial charge on any atom is -0.458 e. The number of fused-ring (bicyclic) bond motifs is 5. The van der Waals surface area contributed by atoms with Gasteiger partial charge in [0.1, 0.15) is 24.9 Å². The molecule has 0 unspecified atom stereocenters. The molecule has 8 N–H and O–H groups in total. The highest BCUT2D eigenvalue weighted by molar-refractivity contribution is 5.85. The smallest absolute Gasteiger partial charge is 0.331 e. The van der Waals surface area contributed by atoms with Crippen LogP contribution in [0.4, 0.5) is 0 Å². The molecule has 15 atom stereocenters. The van der Waals surface area contributed by atoms with Gasteiger partial charge in [-0.2, -0.15) is 0 Å². The van der Waals surface area contributed by atoms with Crippen molar-refractivity contribution in [1.82, 2.24) is 0 Å². The molecular formula is C29H44O12. The largest absolute Gasteiger partial charge is 0.458 e. The van der Waals surface area contributed by atoms with Crippen LogP contribution in [0.25, 0.3) is 0 Å². The molecule has 232 valence electrons. The minimum absolute atomic E-state index is 0.0369. The lowest BCUT2D eigenvalue weighted by Crippen LogP contribution is -2.76. The molecule has 0 aromatic rings. The Bertz CT molecular complexity index is 1080. The molecule has 0 amide bonds. The SMILES string of the molecule is C[C@H]1O[C@@H](O[C@H]2C[C@@H](O)[C@]3(CO)[C@H]4[C@H](O)C[C@]5(C)[C@@H](C6=CC(=O)OC6)CC[C@]5(O)[C@@H]4CC[C@]3(O)C2)[C@@H](O)[C@@H](O)[C@H]1O. The number of ether oxygens (including phenoxy) is 3. The van der Waals surface area contributed by atoms with Crippen LogP contribution in [0.3, 0.4) is 0 Å². The maximum atomic E-state index is 12.4. The summed E-state index contributed by atoms with van der Waals surface area (Å²) in [6, 6.07) is 0. The molecule has 2 heterocycles. The number of hydrogen-bond acceptors (Lipinski definition) is 12.